The van der Waals surface area contributed by atoms with E-state index < -0.39 is 35.9 Å². The van der Waals surface area contributed by atoms with Gasteiger partial charge in [-0.3, -0.25) is 4.79 Å². The molecule has 9 heteroatoms. The normalized spacial score (nSPS) is 15.5. The molecule has 0 radical (unpaired) electrons. The largest absolute Gasteiger partial charge is 0.479 e. The molecule has 86 valence electrons. The van der Waals surface area contributed by atoms with Gasteiger partial charge in [-0.05, 0) is 0 Å². The van der Waals surface area contributed by atoms with Gasteiger partial charge in [-0.25, -0.2) is 9.59 Å². The molecule has 0 heterocycles. The number of rotatable bonds is 4. The number of carbonyl (C=O) groups is 3. The zero-order valence-electron chi connectivity index (χ0n) is 6.91. The van der Waals surface area contributed by atoms with E-state index in [1.54, 1.807) is 0 Å². The van der Waals surface area contributed by atoms with Gasteiger partial charge in [0.15, 0.2) is 0 Å². The molecule has 0 spiro atoms. The Kier molecular flexibility index (Phi) is 3.43. The van der Waals surface area contributed by atoms with Crippen LogP contribution in [0.4, 0.5) is 13.2 Å². The van der Waals surface area contributed by atoms with Crippen molar-refractivity contribution in [2.24, 2.45) is 0 Å². The van der Waals surface area contributed by atoms with Crippen molar-refractivity contribution >= 4 is 17.7 Å². The SMILES string of the molecule is O=C(O)C(=O)CC(O)(C(=O)O)C(F)(F)F. The highest BCUT2D eigenvalue weighted by Crippen LogP contribution is 2.33. The minimum Gasteiger partial charge on any atom is -0.479 e. The molecule has 0 aliphatic carbocycles. The molecule has 0 bridgehead atoms. The van der Waals surface area contributed by atoms with E-state index >= 15 is 0 Å². The summed E-state index contributed by atoms with van der Waals surface area (Å²) in [6.07, 6.45) is -7.70. The molecule has 3 N–H and O–H groups in total. The Morgan fingerprint density at radius 3 is 1.67 bits per heavy atom. The second-order valence-electron chi connectivity index (χ2n) is 2.57. The molecule has 0 fully saturated rings. The van der Waals surface area contributed by atoms with Crippen molar-refractivity contribution in [3.05, 3.63) is 0 Å². The average Bonchev–Trinajstić information content (AvgIpc) is 2.01. The van der Waals surface area contributed by atoms with Gasteiger partial charge >= 0.3 is 18.1 Å². The summed E-state index contributed by atoms with van der Waals surface area (Å²) in [7, 11) is 0. The highest BCUT2D eigenvalue weighted by atomic mass is 19.4. The van der Waals surface area contributed by atoms with Crippen LogP contribution in [0.2, 0.25) is 0 Å². The van der Waals surface area contributed by atoms with E-state index in [0.29, 0.717) is 0 Å². The Labute approximate surface area is 79.9 Å². The standard InChI is InChI=1S/C6H5F3O6/c7-6(8,9)5(15,4(13)14)1-2(10)3(11)12/h15H,1H2,(H,11,12)(H,13,14). The van der Waals surface area contributed by atoms with Gasteiger partial charge < -0.3 is 15.3 Å². The summed E-state index contributed by atoms with van der Waals surface area (Å²) in [6, 6.07) is 0. The van der Waals surface area contributed by atoms with E-state index in [1.807, 2.05) is 0 Å². The predicted octanol–water partition coefficient (Wildman–Crippen LogP) is -0.592. The Morgan fingerprint density at radius 1 is 1.07 bits per heavy atom. The number of aliphatic hydroxyl groups is 1. The van der Waals surface area contributed by atoms with E-state index in [9.17, 15) is 27.6 Å². The molecule has 0 aromatic carbocycles. The fourth-order valence-electron chi connectivity index (χ4n) is 0.605. The van der Waals surface area contributed by atoms with Gasteiger partial charge in [-0.1, -0.05) is 0 Å². The van der Waals surface area contributed by atoms with Crippen LogP contribution in [0, 0.1) is 0 Å². The highest BCUT2D eigenvalue weighted by Gasteiger charge is 2.61. The van der Waals surface area contributed by atoms with Crippen molar-refractivity contribution in [3.63, 3.8) is 0 Å². The zero-order chi connectivity index (χ0) is 12.4. The second kappa shape index (κ2) is 3.85. The quantitative estimate of drug-likeness (QED) is 0.556. The van der Waals surface area contributed by atoms with Crippen LogP contribution in [-0.2, 0) is 14.4 Å². The van der Waals surface area contributed by atoms with E-state index in [4.69, 9.17) is 15.3 Å². The van der Waals surface area contributed by atoms with Gasteiger partial charge in [-0.2, -0.15) is 13.2 Å². The number of carboxylic acids is 2. The lowest BCUT2D eigenvalue weighted by atomic mass is 9.96. The van der Waals surface area contributed by atoms with E-state index in [-0.39, 0.29) is 0 Å². The monoisotopic (exact) mass is 230 g/mol. The van der Waals surface area contributed by atoms with Crippen molar-refractivity contribution in [2.45, 2.75) is 18.2 Å². The van der Waals surface area contributed by atoms with Crippen molar-refractivity contribution in [3.8, 4) is 0 Å². The van der Waals surface area contributed by atoms with E-state index in [0.717, 1.165) is 0 Å². The molecule has 0 aliphatic heterocycles. The Balaban J connectivity index is 5.09. The van der Waals surface area contributed by atoms with Crippen LogP contribution in [0.1, 0.15) is 6.42 Å². The second-order valence-corrected chi connectivity index (χ2v) is 2.57. The Bertz CT molecular complexity index is 308. The minimum atomic E-state index is -5.63. The Hall–Kier alpha value is -1.64. The van der Waals surface area contributed by atoms with E-state index in [2.05, 4.69) is 0 Å². The number of carboxylic acid groups (broad SMARTS) is 2. The van der Waals surface area contributed by atoms with Crippen molar-refractivity contribution in [2.75, 3.05) is 0 Å². The number of halogens is 3. The first-order valence-corrected chi connectivity index (χ1v) is 3.31. The van der Waals surface area contributed by atoms with Crippen LogP contribution in [0.5, 0.6) is 0 Å². The third-order valence-corrected chi connectivity index (χ3v) is 1.48. The maximum Gasteiger partial charge on any atom is 0.428 e. The van der Waals surface area contributed by atoms with Crippen molar-refractivity contribution < 1.29 is 42.9 Å². The summed E-state index contributed by atoms with van der Waals surface area (Å²) in [5.41, 5.74) is -4.37. The molecule has 1 unspecified atom stereocenters. The number of alkyl halides is 3. The van der Waals surface area contributed by atoms with Crippen LogP contribution < -0.4 is 0 Å². The smallest absolute Gasteiger partial charge is 0.428 e. The molecule has 0 aromatic rings. The van der Waals surface area contributed by atoms with Gasteiger partial charge in [0.2, 0.25) is 5.78 Å². The lowest BCUT2D eigenvalue weighted by Gasteiger charge is -2.24. The lowest BCUT2D eigenvalue weighted by molar-refractivity contribution is -0.260. The summed E-state index contributed by atoms with van der Waals surface area (Å²) in [4.78, 5) is 30.4. The van der Waals surface area contributed by atoms with Crippen molar-refractivity contribution in [1.29, 1.82) is 0 Å². The fourth-order valence-corrected chi connectivity index (χ4v) is 0.605. The van der Waals surface area contributed by atoms with Gasteiger partial charge in [0, 0.05) is 0 Å². The first kappa shape index (κ1) is 13.4. The summed E-state index contributed by atoms with van der Waals surface area (Å²) in [5, 5.41) is 24.7. The molecular formula is C6H5F3O6. The van der Waals surface area contributed by atoms with Crippen LogP contribution in [0.15, 0.2) is 0 Å². The summed E-state index contributed by atoms with van der Waals surface area (Å²) >= 11 is 0. The van der Waals surface area contributed by atoms with Crippen LogP contribution in [0.3, 0.4) is 0 Å². The van der Waals surface area contributed by atoms with E-state index in [1.165, 1.54) is 0 Å². The Morgan fingerprint density at radius 2 is 1.47 bits per heavy atom. The van der Waals surface area contributed by atoms with Crippen LogP contribution in [-0.4, -0.2) is 44.8 Å². The first-order chi connectivity index (χ1) is 6.52. The third-order valence-electron chi connectivity index (χ3n) is 1.48. The maximum absolute atomic E-state index is 12.0. The highest BCUT2D eigenvalue weighted by molar-refractivity contribution is 6.33. The summed E-state index contributed by atoms with van der Waals surface area (Å²) in [5.74, 6) is -7.03. The number of ketones is 1. The van der Waals surface area contributed by atoms with Gasteiger partial charge in [-0.15, -0.1) is 0 Å². The van der Waals surface area contributed by atoms with Gasteiger partial charge in [0.1, 0.15) is 0 Å². The molecule has 6 nitrogen and oxygen atoms in total. The molecule has 0 rings (SSSR count). The molecule has 0 saturated heterocycles. The summed E-state index contributed by atoms with van der Waals surface area (Å²) < 4.78 is 36.0. The van der Waals surface area contributed by atoms with Gasteiger partial charge in [0.05, 0.1) is 6.42 Å². The summed E-state index contributed by atoms with van der Waals surface area (Å²) in [6.45, 7) is 0. The number of aliphatic carboxylic acids is 2. The zero-order valence-corrected chi connectivity index (χ0v) is 6.91. The average molecular weight is 230 g/mol. The molecule has 1 atom stereocenters. The number of Topliss-reactive ketones (excluding diaryl/α,β-unsaturated/α-hetero) is 1. The molecule has 0 aliphatic rings. The van der Waals surface area contributed by atoms with Gasteiger partial charge in [0.25, 0.3) is 5.60 Å². The van der Waals surface area contributed by atoms with Crippen LogP contribution in [0.25, 0.3) is 0 Å². The number of hydrogen-bond acceptors (Lipinski definition) is 4. The molecule has 0 amide bonds. The topological polar surface area (TPSA) is 112 Å². The molecule has 0 aromatic heterocycles. The number of hydrogen-bond donors (Lipinski definition) is 3. The minimum absolute atomic E-state index is 2.04. The maximum atomic E-state index is 12.0. The van der Waals surface area contributed by atoms with Crippen molar-refractivity contribution in [1.82, 2.24) is 0 Å². The molecule has 15 heavy (non-hydrogen) atoms. The fraction of sp³-hybridized carbons (Fsp3) is 0.500. The molecule has 0 saturated carbocycles. The van der Waals surface area contributed by atoms with Crippen LogP contribution >= 0.6 is 0 Å². The first-order valence-electron chi connectivity index (χ1n) is 3.31. The molecular weight excluding hydrogens is 225 g/mol. The third kappa shape index (κ3) is 2.65. The number of carbonyl (C=O) groups excluding carboxylic acids is 1. The predicted molar refractivity (Wildman–Crippen MR) is 35.9 cm³/mol. The lowest BCUT2D eigenvalue weighted by Crippen LogP contribution is -2.54.